The van der Waals surface area contributed by atoms with Crippen LogP contribution in [0.5, 0.6) is 0 Å². The molecule has 1 unspecified atom stereocenters. The third-order valence-corrected chi connectivity index (χ3v) is 5.60. The molecule has 0 saturated heterocycles. The van der Waals surface area contributed by atoms with Gasteiger partial charge >= 0.3 is 0 Å². The summed E-state index contributed by atoms with van der Waals surface area (Å²) in [5.41, 5.74) is 10.4. The highest BCUT2D eigenvalue weighted by molar-refractivity contribution is 7.80. The van der Waals surface area contributed by atoms with E-state index in [-0.39, 0.29) is 0 Å². The van der Waals surface area contributed by atoms with Gasteiger partial charge in [0.1, 0.15) is 0 Å². The number of allylic oxidation sites excluding steroid dienone is 1. The highest BCUT2D eigenvalue weighted by Crippen LogP contribution is 2.40. The van der Waals surface area contributed by atoms with Gasteiger partial charge in [0, 0.05) is 27.9 Å². The Labute approximate surface area is 170 Å². The number of aryl methyl sites for hydroxylation is 2. The van der Waals surface area contributed by atoms with Crippen LogP contribution >= 0.6 is 11.6 Å². The number of H-pyrrole nitrogens is 1. The molecule has 3 aromatic rings. The summed E-state index contributed by atoms with van der Waals surface area (Å²) in [6, 6.07) is 8.71. The summed E-state index contributed by atoms with van der Waals surface area (Å²) in [6.45, 7) is 5.62. The van der Waals surface area contributed by atoms with Crippen LogP contribution in [0, 0.1) is 13.8 Å². The second kappa shape index (κ2) is 7.79. The second-order valence-electron chi connectivity index (χ2n) is 6.36. The first-order valence-electron chi connectivity index (χ1n) is 8.50. The third-order valence-electron chi connectivity index (χ3n) is 4.64. The minimum Gasteiger partial charge on any atom is -0.366 e. The number of hydrogen-bond donors (Lipinski definition) is 3. The van der Waals surface area contributed by atoms with E-state index in [0.29, 0.717) is 21.8 Å². The van der Waals surface area contributed by atoms with Crippen molar-refractivity contribution >= 4 is 45.4 Å². The Morgan fingerprint density at radius 1 is 1.32 bits per heavy atom. The van der Waals surface area contributed by atoms with Gasteiger partial charge in [-0.2, -0.15) is 0 Å². The smallest absolute Gasteiger partial charge is 0.266 e. The predicted molar refractivity (Wildman–Crippen MR) is 115 cm³/mol. The van der Waals surface area contributed by atoms with Crippen LogP contribution in [-0.2, 0) is 11.3 Å². The molecule has 1 atom stereocenters. The Morgan fingerprint density at radius 2 is 2.04 bits per heavy atom. The number of carbonyl (C=O) groups excluding carboxylic acids is 1. The van der Waals surface area contributed by atoms with E-state index in [1.807, 2.05) is 19.9 Å². The normalized spacial score (nSPS) is 12.6. The maximum Gasteiger partial charge on any atom is 0.266 e. The fourth-order valence-corrected chi connectivity index (χ4v) is 4.09. The molecule has 1 amide bonds. The Bertz CT molecular complexity index is 1140. The maximum absolute atomic E-state index is 11.9. The molecule has 0 radical (unpaired) electrons. The van der Waals surface area contributed by atoms with Gasteiger partial charge in [0.2, 0.25) is 0 Å². The molecule has 0 aliphatic rings. The fourth-order valence-electron chi connectivity index (χ4n) is 3.26. The Morgan fingerprint density at radius 3 is 2.64 bits per heavy atom. The number of nitrogens with zero attached hydrogens (tertiary/aromatic N) is 1. The Kier molecular flexibility index (Phi) is 5.60. The van der Waals surface area contributed by atoms with Crippen molar-refractivity contribution in [1.82, 2.24) is 4.98 Å². The van der Waals surface area contributed by atoms with E-state index in [0.717, 1.165) is 27.8 Å². The van der Waals surface area contributed by atoms with Gasteiger partial charge in [0.05, 0.1) is 16.8 Å². The molecular formula is C20H20ClN3O3S. The van der Waals surface area contributed by atoms with Crippen molar-refractivity contribution in [3.05, 3.63) is 64.5 Å². The number of nitrogens with one attached hydrogen (secondary N) is 1. The Hall–Kier alpha value is -2.61. The van der Waals surface area contributed by atoms with E-state index in [1.165, 1.54) is 10.5 Å². The second-order valence-corrected chi connectivity index (χ2v) is 7.62. The summed E-state index contributed by atoms with van der Waals surface area (Å²) in [4.78, 5) is 15.1. The van der Waals surface area contributed by atoms with Crippen molar-refractivity contribution in [2.45, 2.75) is 20.8 Å². The number of anilines is 1. The summed E-state index contributed by atoms with van der Waals surface area (Å²) in [6.07, 6.45) is 3.20. The van der Waals surface area contributed by atoms with Crippen molar-refractivity contribution in [2.75, 3.05) is 4.31 Å². The van der Waals surface area contributed by atoms with E-state index < -0.39 is 17.2 Å². The van der Waals surface area contributed by atoms with Crippen molar-refractivity contribution < 1.29 is 13.6 Å². The van der Waals surface area contributed by atoms with Gasteiger partial charge in [-0.25, -0.2) is 8.51 Å². The van der Waals surface area contributed by atoms with Gasteiger partial charge in [-0.3, -0.25) is 9.35 Å². The highest BCUT2D eigenvalue weighted by Gasteiger charge is 2.21. The van der Waals surface area contributed by atoms with Crippen molar-refractivity contribution in [3.8, 4) is 11.1 Å². The molecule has 0 aliphatic carbocycles. The molecule has 6 nitrogen and oxygen atoms in total. The molecule has 1 aromatic heterocycles. The zero-order valence-corrected chi connectivity index (χ0v) is 17.2. The average molecular weight is 418 g/mol. The zero-order chi connectivity index (χ0) is 20.6. The molecule has 2 aromatic carbocycles. The lowest BCUT2D eigenvalue weighted by atomic mass is 9.96. The van der Waals surface area contributed by atoms with E-state index in [9.17, 15) is 13.6 Å². The molecule has 4 N–H and O–H groups in total. The highest BCUT2D eigenvalue weighted by atomic mass is 35.5. The first kappa shape index (κ1) is 20.1. The topological polar surface area (TPSA) is 99.4 Å². The van der Waals surface area contributed by atoms with Gasteiger partial charge in [-0.1, -0.05) is 29.8 Å². The van der Waals surface area contributed by atoms with Gasteiger partial charge in [-0.05, 0) is 50.1 Å². The number of aromatic amines is 1. The summed E-state index contributed by atoms with van der Waals surface area (Å²) in [7, 11) is 0. The third kappa shape index (κ3) is 3.44. The van der Waals surface area contributed by atoms with Gasteiger partial charge in [0.15, 0.2) is 0 Å². The summed E-state index contributed by atoms with van der Waals surface area (Å²) < 4.78 is 22.5. The number of aromatic nitrogens is 1. The molecule has 0 saturated carbocycles. The Balaban J connectivity index is 2.32. The van der Waals surface area contributed by atoms with E-state index >= 15 is 0 Å². The predicted octanol–water partition coefficient (Wildman–Crippen LogP) is 4.68. The number of primary amides is 1. The molecule has 3 rings (SSSR count). The molecule has 8 heteroatoms. The number of benzene rings is 2. The van der Waals surface area contributed by atoms with Crippen LogP contribution < -0.4 is 10.0 Å². The van der Waals surface area contributed by atoms with Gasteiger partial charge in [0.25, 0.3) is 17.2 Å². The van der Waals surface area contributed by atoms with Gasteiger partial charge in [-0.15, -0.1) is 0 Å². The molecule has 0 spiro atoms. The zero-order valence-electron chi connectivity index (χ0n) is 15.6. The first-order chi connectivity index (χ1) is 13.3. The SMILES string of the molecule is CC=CN(c1cccc(-c2c(Cl)cc(C(N)=O)c3[nH]c(C)c(C)c23)c1)S(=O)O. The molecule has 28 heavy (non-hydrogen) atoms. The molecule has 0 bridgehead atoms. The number of halogens is 1. The van der Waals surface area contributed by atoms with E-state index in [1.54, 1.807) is 37.3 Å². The van der Waals surface area contributed by atoms with Crippen LogP contribution in [0.2, 0.25) is 5.02 Å². The molecule has 146 valence electrons. The van der Waals surface area contributed by atoms with E-state index in [4.69, 9.17) is 17.3 Å². The molecule has 0 aliphatic heterocycles. The number of amides is 1. The van der Waals surface area contributed by atoms with Crippen molar-refractivity contribution in [2.24, 2.45) is 5.73 Å². The fraction of sp³-hybridized carbons (Fsp3) is 0.150. The average Bonchev–Trinajstić information content (AvgIpc) is 2.93. The number of hydrogen-bond acceptors (Lipinski definition) is 2. The lowest BCUT2D eigenvalue weighted by molar-refractivity contribution is 0.100. The maximum atomic E-state index is 11.9. The minimum absolute atomic E-state index is 0.322. The standard InChI is InChI=1S/C20H20ClN3O3S/c1-4-8-24(28(26)27)14-7-5-6-13(9-14)18-16(21)10-15(20(22)25)19-17(18)11(2)12(3)23-19/h4-10,23H,1-3H3,(H2,22,25)(H,26,27). The summed E-state index contributed by atoms with van der Waals surface area (Å²) in [5.74, 6) is -0.566. The van der Waals surface area contributed by atoms with Crippen LogP contribution in [0.4, 0.5) is 5.69 Å². The lowest BCUT2D eigenvalue weighted by Crippen LogP contribution is -2.18. The summed E-state index contributed by atoms with van der Waals surface area (Å²) in [5, 5.41) is 1.18. The van der Waals surface area contributed by atoms with Gasteiger partial charge < -0.3 is 10.7 Å². The van der Waals surface area contributed by atoms with E-state index in [2.05, 4.69) is 4.98 Å². The van der Waals surface area contributed by atoms with Crippen LogP contribution in [0.15, 0.2) is 42.6 Å². The van der Waals surface area contributed by atoms with Crippen LogP contribution in [0.3, 0.4) is 0 Å². The molecular weight excluding hydrogens is 398 g/mol. The largest absolute Gasteiger partial charge is 0.366 e. The number of fused-ring (bicyclic) bond motifs is 1. The molecule has 1 heterocycles. The van der Waals surface area contributed by atoms with Crippen LogP contribution in [-0.4, -0.2) is 19.7 Å². The summed E-state index contributed by atoms with van der Waals surface area (Å²) >= 11 is 4.35. The number of rotatable bonds is 5. The number of nitrogens with two attached hydrogens (primary N) is 1. The monoisotopic (exact) mass is 417 g/mol. The quantitative estimate of drug-likeness (QED) is 0.525. The number of carbonyl (C=O) groups is 1. The van der Waals surface area contributed by atoms with Crippen LogP contribution in [0.25, 0.3) is 22.0 Å². The van der Waals surface area contributed by atoms with Crippen LogP contribution in [0.1, 0.15) is 28.5 Å². The van der Waals surface area contributed by atoms with Crippen molar-refractivity contribution in [3.63, 3.8) is 0 Å². The molecule has 0 fully saturated rings. The first-order valence-corrected chi connectivity index (χ1v) is 9.95. The lowest BCUT2D eigenvalue weighted by Gasteiger charge is -2.17. The minimum atomic E-state index is -2.22. The van der Waals surface area contributed by atoms with Crippen molar-refractivity contribution in [1.29, 1.82) is 0 Å².